The molecule has 2 N–H and O–H groups in total. The van der Waals surface area contributed by atoms with Gasteiger partial charge in [0.2, 0.25) is 0 Å². The summed E-state index contributed by atoms with van der Waals surface area (Å²) in [5.41, 5.74) is 8.35. The second-order valence-electron chi connectivity index (χ2n) is 5.92. The van der Waals surface area contributed by atoms with E-state index in [2.05, 4.69) is 19.9 Å². The van der Waals surface area contributed by atoms with Gasteiger partial charge in [0.05, 0.1) is 5.02 Å². The fourth-order valence-corrected chi connectivity index (χ4v) is 2.99. The minimum Gasteiger partial charge on any atom is -0.324 e. The first-order valence-electron chi connectivity index (χ1n) is 6.25. The maximum absolute atomic E-state index is 13.4. The number of allylic oxidation sites excluding steroid dienone is 1. The molecule has 1 aliphatic carbocycles. The van der Waals surface area contributed by atoms with Crippen molar-refractivity contribution in [2.75, 3.05) is 0 Å². The Morgan fingerprint density at radius 1 is 1.44 bits per heavy atom. The molecule has 1 unspecified atom stereocenters. The van der Waals surface area contributed by atoms with Crippen molar-refractivity contribution >= 4 is 11.6 Å². The van der Waals surface area contributed by atoms with E-state index >= 15 is 0 Å². The van der Waals surface area contributed by atoms with E-state index in [4.69, 9.17) is 17.3 Å². The topological polar surface area (TPSA) is 26.0 Å². The maximum atomic E-state index is 13.4. The minimum absolute atomic E-state index is 0.0936. The molecule has 0 aromatic heterocycles. The van der Waals surface area contributed by atoms with E-state index in [1.54, 1.807) is 6.07 Å². The third-order valence-corrected chi connectivity index (χ3v) is 3.82. The van der Waals surface area contributed by atoms with Gasteiger partial charge in [-0.1, -0.05) is 49.2 Å². The molecule has 2 rings (SSSR count). The van der Waals surface area contributed by atoms with Crippen molar-refractivity contribution in [3.8, 4) is 0 Å². The highest BCUT2D eigenvalue weighted by Crippen LogP contribution is 2.36. The predicted molar refractivity (Wildman–Crippen MR) is 74.2 cm³/mol. The Bertz CT molecular complexity index is 479. The molecule has 0 saturated heterocycles. The smallest absolute Gasteiger partial charge is 0.142 e. The molecule has 0 fully saturated rings. The van der Waals surface area contributed by atoms with Crippen molar-refractivity contribution < 1.29 is 4.39 Å². The zero-order chi connectivity index (χ0) is 13.3. The molecular formula is C15H19ClFN. The SMILES string of the molecule is CC1(C)CC(Cc2cccc(F)c2Cl)=CC(N)C1. The summed E-state index contributed by atoms with van der Waals surface area (Å²) in [7, 11) is 0. The Labute approximate surface area is 113 Å². The molecule has 0 amide bonds. The summed E-state index contributed by atoms with van der Waals surface area (Å²) >= 11 is 5.99. The lowest BCUT2D eigenvalue weighted by molar-refractivity contribution is 0.299. The number of rotatable bonds is 2. The van der Waals surface area contributed by atoms with Crippen molar-refractivity contribution in [1.82, 2.24) is 0 Å². The van der Waals surface area contributed by atoms with Gasteiger partial charge >= 0.3 is 0 Å². The third kappa shape index (κ3) is 3.12. The summed E-state index contributed by atoms with van der Waals surface area (Å²) in [4.78, 5) is 0. The zero-order valence-electron chi connectivity index (χ0n) is 10.8. The molecule has 18 heavy (non-hydrogen) atoms. The van der Waals surface area contributed by atoms with E-state index in [0.29, 0.717) is 6.42 Å². The van der Waals surface area contributed by atoms with Gasteiger partial charge in [-0.15, -0.1) is 0 Å². The number of hydrogen-bond acceptors (Lipinski definition) is 1. The summed E-state index contributed by atoms with van der Waals surface area (Å²) in [5.74, 6) is -0.353. The second kappa shape index (κ2) is 5.02. The number of nitrogens with two attached hydrogens (primary N) is 1. The maximum Gasteiger partial charge on any atom is 0.142 e. The number of halogens is 2. The lowest BCUT2D eigenvalue weighted by Crippen LogP contribution is -2.31. The molecule has 0 bridgehead atoms. The Hall–Kier alpha value is -0.860. The van der Waals surface area contributed by atoms with Gasteiger partial charge in [0, 0.05) is 6.04 Å². The van der Waals surface area contributed by atoms with E-state index in [1.807, 2.05) is 6.07 Å². The predicted octanol–water partition coefficient (Wildman–Crippen LogP) is 4.10. The first kappa shape index (κ1) is 13.6. The Kier molecular flexibility index (Phi) is 3.79. The van der Waals surface area contributed by atoms with Gasteiger partial charge in [-0.25, -0.2) is 4.39 Å². The van der Waals surface area contributed by atoms with Gasteiger partial charge in [-0.2, -0.15) is 0 Å². The van der Waals surface area contributed by atoms with Gasteiger partial charge in [-0.05, 0) is 36.3 Å². The standard InChI is InChI=1S/C15H19ClFN/c1-15(2)8-10(7-12(18)9-15)6-11-4-3-5-13(17)14(11)16/h3-5,7,12H,6,8-9,18H2,1-2H3. The minimum atomic E-state index is -0.353. The summed E-state index contributed by atoms with van der Waals surface area (Å²) in [6.07, 6.45) is 4.78. The highest BCUT2D eigenvalue weighted by molar-refractivity contribution is 6.31. The van der Waals surface area contributed by atoms with Crippen LogP contribution in [0.3, 0.4) is 0 Å². The first-order chi connectivity index (χ1) is 8.37. The van der Waals surface area contributed by atoms with E-state index in [1.165, 1.54) is 11.6 Å². The summed E-state index contributed by atoms with van der Waals surface area (Å²) in [6, 6.07) is 5.05. The van der Waals surface area contributed by atoms with Gasteiger partial charge in [0.15, 0.2) is 0 Å². The van der Waals surface area contributed by atoms with Crippen LogP contribution in [0.25, 0.3) is 0 Å². The van der Waals surface area contributed by atoms with Crippen LogP contribution in [0.4, 0.5) is 4.39 Å². The van der Waals surface area contributed by atoms with Crippen LogP contribution in [0, 0.1) is 11.2 Å². The molecule has 0 heterocycles. The molecule has 0 saturated carbocycles. The quantitative estimate of drug-likeness (QED) is 0.803. The van der Waals surface area contributed by atoms with Crippen LogP contribution in [-0.2, 0) is 6.42 Å². The van der Waals surface area contributed by atoms with Gasteiger partial charge in [0.1, 0.15) is 5.82 Å². The van der Waals surface area contributed by atoms with E-state index < -0.39 is 0 Å². The highest BCUT2D eigenvalue weighted by Gasteiger charge is 2.27. The lowest BCUT2D eigenvalue weighted by atomic mass is 9.74. The molecule has 3 heteroatoms. The van der Waals surface area contributed by atoms with Crippen LogP contribution in [0.1, 0.15) is 32.3 Å². The molecule has 1 aliphatic rings. The average molecular weight is 268 g/mol. The van der Waals surface area contributed by atoms with Crippen molar-refractivity contribution in [1.29, 1.82) is 0 Å². The molecule has 1 aromatic rings. The zero-order valence-corrected chi connectivity index (χ0v) is 11.6. The van der Waals surface area contributed by atoms with Crippen LogP contribution in [0.5, 0.6) is 0 Å². The number of hydrogen-bond donors (Lipinski definition) is 1. The Morgan fingerprint density at radius 2 is 2.17 bits per heavy atom. The molecule has 0 radical (unpaired) electrons. The molecule has 1 atom stereocenters. The average Bonchev–Trinajstić information content (AvgIpc) is 2.22. The van der Waals surface area contributed by atoms with Crippen LogP contribution in [0.15, 0.2) is 29.8 Å². The van der Waals surface area contributed by atoms with Crippen LogP contribution >= 0.6 is 11.6 Å². The van der Waals surface area contributed by atoms with E-state index in [0.717, 1.165) is 18.4 Å². The Balaban J connectivity index is 2.21. The van der Waals surface area contributed by atoms with Crippen molar-refractivity contribution in [3.05, 3.63) is 46.3 Å². The first-order valence-corrected chi connectivity index (χ1v) is 6.63. The van der Waals surface area contributed by atoms with Gasteiger partial charge in [-0.3, -0.25) is 0 Å². The molecule has 98 valence electrons. The fraction of sp³-hybridized carbons (Fsp3) is 0.467. The lowest BCUT2D eigenvalue weighted by Gasteiger charge is -2.33. The molecule has 0 spiro atoms. The summed E-state index contributed by atoms with van der Waals surface area (Å²) < 4.78 is 13.4. The van der Waals surface area contributed by atoms with E-state index in [-0.39, 0.29) is 22.3 Å². The fourth-order valence-electron chi connectivity index (χ4n) is 2.80. The monoisotopic (exact) mass is 267 g/mol. The van der Waals surface area contributed by atoms with Crippen LogP contribution in [0.2, 0.25) is 5.02 Å². The number of benzene rings is 1. The van der Waals surface area contributed by atoms with Crippen molar-refractivity contribution in [2.24, 2.45) is 11.1 Å². The van der Waals surface area contributed by atoms with Crippen molar-refractivity contribution in [3.63, 3.8) is 0 Å². The largest absolute Gasteiger partial charge is 0.324 e. The normalized spacial score (nSPS) is 22.7. The highest BCUT2D eigenvalue weighted by atomic mass is 35.5. The van der Waals surface area contributed by atoms with Crippen LogP contribution in [-0.4, -0.2) is 6.04 Å². The van der Waals surface area contributed by atoms with Crippen molar-refractivity contribution in [2.45, 2.75) is 39.2 Å². The van der Waals surface area contributed by atoms with Gasteiger partial charge < -0.3 is 5.73 Å². The molecule has 1 nitrogen and oxygen atoms in total. The molecule has 0 aliphatic heterocycles. The molecule has 1 aromatic carbocycles. The van der Waals surface area contributed by atoms with Crippen LogP contribution < -0.4 is 5.73 Å². The summed E-state index contributed by atoms with van der Waals surface area (Å²) in [5, 5.41) is 0.232. The van der Waals surface area contributed by atoms with E-state index in [9.17, 15) is 4.39 Å². The summed E-state index contributed by atoms with van der Waals surface area (Å²) in [6.45, 7) is 4.43. The Morgan fingerprint density at radius 3 is 2.83 bits per heavy atom. The molecular weight excluding hydrogens is 249 g/mol. The third-order valence-electron chi connectivity index (χ3n) is 3.39. The second-order valence-corrected chi connectivity index (χ2v) is 6.30. The van der Waals surface area contributed by atoms with Gasteiger partial charge in [0.25, 0.3) is 0 Å².